The number of rotatable bonds is 3. The average molecular weight is 330 g/mol. The monoisotopic (exact) mass is 329 g/mol. The Morgan fingerprint density at radius 3 is 2.90 bits per heavy atom. The molecule has 0 N–H and O–H groups in total. The molecule has 0 fully saturated rings. The summed E-state index contributed by atoms with van der Waals surface area (Å²) in [6.07, 6.45) is 3.47. The lowest BCUT2D eigenvalue weighted by Crippen LogP contribution is -2.38. The molecule has 5 nitrogen and oxygen atoms in total. The Balaban J connectivity index is 1.94. The maximum Gasteiger partial charge on any atom is 0.243 e. The number of imidazole rings is 1. The predicted octanol–water partition coefficient (Wildman–Crippen LogP) is 1.97. The van der Waals surface area contributed by atoms with E-state index in [1.807, 2.05) is 10.8 Å². The maximum absolute atomic E-state index is 13.4. The topological polar surface area (TPSA) is 55.2 Å². The van der Waals surface area contributed by atoms with Crippen molar-refractivity contribution in [2.75, 3.05) is 6.54 Å². The second-order valence-corrected chi connectivity index (χ2v) is 6.97. The van der Waals surface area contributed by atoms with Crippen LogP contribution in [0.15, 0.2) is 35.5 Å². The summed E-state index contributed by atoms with van der Waals surface area (Å²) in [6, 6.07) is 3.69. The molecule has 0 atom stereocenters. The zero-order chi connectivity index (χ0) is 15.0. The largest absolute Gasteiger partial charge is 0.333 e. The van der Waals surface area contributed by atoms with Crippen LogP contribution in [0.2, 0.25) is 0 Å². The molecule has 0 unspecified atom stereocenters. The van der Waals surface area contributed by atoms with Crippen LogP contribution in [0.25, 0.3) is 0 Å². The Hall–Kier alpha value is -1.44. The molecule has 8 heteroatoms. The van der Waals surface area contributed by atoms with E-state index in [4.69, 9.17) is 11.6 Å². The van der Waals surface area contributed by atoms with Crippen molar-refractivity contribution in [2.24, 2.45) is 0 Å². The normalized spacial score (nSPS) is 15.9. The number of benzene rings is 1. The molecule has 2 heterocycles. The minimum atomic E-state index is -3.68. The van der Waals surface area contributed by atoms with Crippen LogP contribution in [0, 0.1) is 5.82 Å². The van der Waals surface area contributed by atoms with Gasteiger partial charge in [0.05, 0.1) is 17.3 Å². The van der Waals surface area contributed by atoms with Crippen molar-refractivity contribution >= 4 is 21.6 Å². The molecular formula is C13H13ClFN3O2S. The standard InChI is InChI=1S/C13H13ClFN3O2S/c14-8-10-7-11(1-2-12(10)15)21(19,20)18-6-5-17-4-3-16-13(17)9-18/h1-4,7H,5-6,8-9H2. The van der Waals surface area contributed by atoms with Gasteiger partial charge < -0.3 is 4.57 Å². The molecule has 21 heavy (non-hydrogen) atoms. The number of alkyl halides is 1. The summed E-state index contributed by atoms with van der Waals surface area (Å²) in [5.74, 6) is 0.127. The van der Waals surface area contributed by atoms with Crippen LogP contribution in [0.3, 0.4) is 0 Å². The fourth-order valence-electron chi connectivity index (χ4n) is 2.32. The number of nitrogens with zero attached hydrogens (tertiary/aromatic N) is 3. The van der Waals surface area contributed by atoms with Crippen molar-refractivity contribution in [1.82, 2.24) is 13.9 Å². The number of fused-ring (bicyclic) bond motifs is 1. The number of aromatic nitrogens is 2. The number of halogens is 2. The highest BCUT2D eigenvalue weighted by Crippen LogP contribution is 2.23. The van der Waals surface area contributed by atoms with Gasteiger partial charge in [-0.1, -0.05) is 0 Å². The summed E-state index contributed by atoms with van der Waals surface area (Å²) in [5.41, 5.74) is 0.177. The van der Waals surface area contributed by atoms with Gasteiger partial charge in [0.1, 0.15) is 11.6 Å². The van der Waals surface area contributed by atoms with Gasteiger partial charge in [-0.25, -0.2) is 17.8 Å². The molecule has 0 saturated carbocycles. The molecule has 0 aliphatic carbocycles. The fourth-order valence-corrected chi connectivity index (χ4v) is 3.96. The van der Waals surface area contributed by atoms with Gasteiger partial charge in [0.15, 0.2) is 0 Å². The highest BCUT2D eigenvalue weighted by atomic mass is 35.5. The van der Waals surface area contributed by atoms with E-state index in [0.717, 1.165) is 6.07 Å². The zero-order valence-corrected chi connectivity index (χ0v) is 12.6. The van der Waals surface area contributed by atoms with Crippen molar-refractivity contribution in [1.29, 1.82) is 0 Å². The van der Waals surface area contributed by atoms with Gasteiger partial charge >= 0.3 is 0 Å². The molecular weight excluding hydrogens is 317 g/mol. The molecule has 0 radical (unpaired) electrons. The molecule has 0 spiro atoms. The molecule has 2 aromatic rings. The van der Waals surface area contributed by atoms with Gasteiger partial charge in [-0.3, -0.25) is 0 Å². The maximum atomic E-state index is 13.4. The summed E-state index contributed by atoms with van der Waals surface area (Å²) in [7, 11) is -3.68. The van der Waals surface area contributed by atoms with E-state index in [0.29, 0.717) is 18.9 Å². The van der Waals surface area contributed by atoms with Gasteiger partial charge in [-0.2, -0.15) is 4.31 Å². The minimum absolute atomic E-state index is 0.0551. The first kappa shape index (κ1) is 14.5. The Morgan fingerprint density at radius 1 is 1.33 bits per heavy atom. The van der Waals surface area contributed by atoms with E-state index >= 15 is 0 Å². The van der Waals surface area contributed by atoms with Crippen molar-refractivity contribution in [3.63, 3.8) is 0 Å². The Morgan fingerprint density at radius 2 is 2.14 bits per heavy atom. The molecule has 1 aromatic heterocycles. The average Bonchev–Trinajstić information content (AvgIpc) is 2.94. The van der Waals surface area contributed by atoms with Crippen LogP contribution in [-0.2, 0) is 29.0 Å². The zero-order valence-electron chi connectivity index (χ0n) is 11.0. The lowest BCUT2D eigenvalue weighted by molar-refractivity contribution is 0.335. The molecule has 0 amide bonds. The van der Waals surface area contributed by atoms with Gasteiger partial charge in [0.2, 0.25) is 10.0 Å². The van der Waals surface area contributed by atoms with E-state index in [2.05, 4.69) is 4.98 Å². The van der Waals surface area contributed by atoms with Crippen LogP contribution in [0.4, 0.5) is 4.39 Å². The summed E-state index contributed by atoms with van der Waals surface area (Å²) in [5, 5.41) is 0. The van der Waals surface area contributed by atoms with Gasteiger partial charge in [-0.15, -0.1) is 11.6 Å². The first-order chi connectivity index (χ1) is 10.0. The van der Waals surface area contributed by atoms with E-state index in [-0.39, 0.29) is 22.9 Å². The molecule has 1 aromatic carbocycles. The van der Waals surface area contributed by atoms with E-state index in [1.165, 1.54) is 16.4 Å². The quantitative estimate of drug-likeness (QED) is 0.809. The summed E-state index contributed by atoms with van der Waals surface area (Å²) in [4.78, 5) is 4.19. The third-order valence-electron chi connectivity index (χ3n) is 3.51. The Bertz CT molecular complexity index is 775. The van der Waals surface area contributed by atoms with Crippen molar-refractivity contribution < 1.29 is 12.8 Å². The third kappa shape index (κ3) is 2.56. The van der Waals surface area contributed by atoms with Crippen LogP contribution in [0.5, 0.6) is 0 Å². The van der Waals surface area contributed by atoms with Crippen LogP contribution in [0.1, 0.15) is 11.4 Å². The highest BCUT2D eigenvalue weighted by Gasteiger charge is 2.29. The van der Waals surface area contributed by atoms with Gasteiger partial charge in [0, 0.05) is 31.0 Å². The molecule has 3 rings (SSSR count). The van der Waals surface area contributed by atoms with E-state index in [1.54, 1.807) is 6.20 Å². The lowest BCUT2D eigenvalue weighted by atomic mass is 10.2. The number of hydrogen-bond acceptors (Lipinski definition) is 3. The lowest BCUT2D eigenvalue weighted by Gasteiger charge is -2.27. The number of hydrogen-bond donors (Lipinski definition) is 0. The van der Waals surface area contributed by atoms with Gasteiger partial charge in [0.25, 0.3) is 0 Å². The molecule has 1 aliphatic heterocycles. The Labute approximate surface area is 127 Å². The molecule has 1 aliphatic rings. The van der Waals surface area contributed by atoms with Gasteiger partial charge in [-0.05, 0) is 18.2 Å². The second kappa shape index (κ2) is 5.40. The summed E-state index contributed by atoms with van der Waals surface area (Å²) in [6.45, 7) is 1.13. The Kier molecular flexibility index (Phi) is 3.73. The third-order valence-corrected chi connectivity index (χ3v) is 5.64. The van der Waals surface area contributed by atoms with Crippen LogP contribution < -0.4 is 0 Å². The molecule has 0 saturated heterocycles. The van der Waals surface area contributed by atoms with Crippen LogP contribution >= 0.6 is 11.6 Å². The fraction of sp³-hybridized carbons (Fsp3) is 0.308. The first-order valence-electron chi connectivity index (χ1n) is 6.37. The SMILES string of the molecule is O=S(=O)(c1ccc(F)c(CCl)c1)N1CCn2ccnc2C1. The van der Waals surface area contributed by atoms with Crippen molar-refractivity contribution in [3.8, 4) is 0 Å². The van der Waals surface area contributed by atoms with E-state index in [9.17, 15) is 12.8 Å². The highest BCUT2D eigenvalue weighted by molar-refractivity contribution is 7.89. The molecule has 0 bridgehead atoms. The van der Waals surface area contributed by atoms with Crippen molar-refractivity contribution in [3.05, 3.63) is 47.8 Å². The predicted molar refractivity (Wildman–Crippen MR) is 75.8 cm³/mol. The number of sulfonamides is 1. The smallest absolute Gasteiger partial charge is 0.243 e. The molecule has 112 valence electrons. The first-order valence-corrected chi connectivity index (χ1v) is 8.34. The van der Waals surface area contributed by atoms with Crippen molar-refractivity contribution in [2.45, 2.75) is 23.9 Å². The van der Waals surface area contributed by atoms with E-state index < -0.39 is 15.8 Å². The summed E-state index contributed by atoms with van der Waals surface area (Å²) < 4.78 is 42.0. The summed E-state index contributed by atoms with van der Waals surface area (Å²) >= 11 is 5.63. The second-order valence-electron chi connectivity index (χ2n) is 4.76. The van der Waals surface area contributed by atoms with Crippen LogP contribution in [-0.4, -0.2) is 28.8 Å². The minimum Gasteiger partial charge on any atom is -0.333 e.